The van der Waals surface area contributed by atoms with Crippen LogP contribution in [-0.4, -0.2) is 29.5 Å². The number of anilines is 4. The van der Waals surface area contributed by atoms with Crippen LogP contribution in [0.4, 0.5) is 22.7 Å². The zero-order chi connectivity index (χ0) is 43.3. The first-order chi connectivity index (χ1) is 32.8. The molecule has 11 aromatic rings. The van der Waals surface area contributed by atoms with Crippen molar-refractivity contribution in [2.75, 3.05) is 16.5 Å². The quantitative estimate of drug-likeness (QED) is 0.156. The number of ether oxygens (including phenoxy) is 1. The van der Waals surface area contributed by atoms with E-state index in [0.717, 1.165) is 33.7 Å². The maximum atomic E-state index is 7.04. The molecule has 0 aliphatic carbocycles. The predicted molar refractivity (Wildman–Crippen MR) is 274 cm³/mol. The molecule has 0 bridgehead atoms. The van der Waals surface area contributed by atoms with Gasteiger partial charge in [0.15, 0.2) is 0 Å². The standard InChI is InChI=1S/C60H40GeN4O/c1-3-17-40(18-4-1)44-24-15-25-45(41-19-5-2-6-20-41)59(44)63-39-64-57-38-43(66-42-32-34-49-48-23-9-12-29-54(48)65(56(49)37-42)58-31-13-14-36-62-58)33-35-52(57)61(53-28-16-30-55(63)60(53)64)50-26-10-7-21-46(50)47-22-8-11-27-51(47)61/h1-38H,39H2. The van der Waals surface area contributed by atoms with Gasteiger partial charge in [-0.15, -0.1) is 0 Å². The summed E-state index contributed by atoms with van der Waals surface area (Å²) in [6, 6.07) is 82.1. The van der Waals surface area contributed by atoms with Gasteiger partial charge in [0.2, 0.25) is 0 Å². The van der Waals surface area contributed by atoms with Gasteiger partial charge in [-0.05, 0) is 6.07 Å². The van der Waals surface area contributed by atoms with Crippen LogP contribution in [0.15, 0.2) is 231 Å². The van der Waals surface area contributed by atoms with E-state index >= 15 is 0 Å². The number of hydrogen-bond donors (Lipinski definition) is 0. The molecule has 0 saturated carbocycles. The molecule has 2 aromatic heterocycles. The molecule has 0 unspecified atom stereocenters. The number of hydrogen-bond acceptors (Lipinski definition) is 4. The van der Waals surface area contributed by atoms with E-state index in [2.05, 4.69) is 227 Å². The molecule has 0 atom stereocenters. The van der Waals surface area contributed by atoms with Crippen molar-refractivity contribution in [3.8, 4) is 50.7 Å². The zero-order valence-electron chi connectivity index (χ0n) is 35.8. The van der Waals surface area contributed by atoms with Crippen molar-refractivity contribution >= 4 is 75.4 Å². The molecule has 0 N–H and O–H groups in total. The number of nitrogens with zero attached hydrogens (tertiary/aromatic N) is 4. The summed E-state index contributed by atoms with van der Waals surface area (Å²) in [6.07, 6.45) is 1.85. The van der Waals surface area contributed by atoms with Crippen LogP contribution in [0, 0.1) is 0 Å². The summed E-state index contributed by atoms with van der Waals surface area (Å²) in [5.41, 5.74) is 14.6. The molecule has 1 spiro atoms. The Bertz CT molecular complexity index is 3630. The van der Waals surface area contributed by atoms with Crippen molar-refractivity contribution in [3.05, 3.63) is 231 Å². The van der Waals surface area contributed by atoms with Gasteiger partial charge >= 0.3 is 381 Å². The average molecular weight is 906 g/mol. The van der Waals surface area contributed by atoms with E-state index in [1.54, 1.807) is 0 Å². The molecule has 0 amide bonds. The van der Waals surface area contributed by atoms with Crippen molar-refractivity contribution in [3.63, 3.8) is 0 Å². The summed E-state index contributed by atoms with van der Waals surface area (Å²) in [7, 11) is 0. The van der Waals surface area contributed by atoms with Gasteiger partial charge in [-0.2, -0.15) is 0 Å². The predicted octanol–water partition coefficient (Wildman–Crippen LogP) is 12.2. The van der Waals surface area contributed by atoms with Gasteiger partial charge in [-0.1, -0.05) is 0 Å². The van der Waals surface area contributed by atoms with Crippen molar-refractivity contribution < 1.29 is 4.74 Å². The van der Waals surface area contributed by atoms with Crippen LogP contribution < -0.4 is 32.1 Å². The van der Waals surface area contributed by atoms with E-state index in [-0.39, 0.29) is 0 Å². The van der Waals surface area contributed by atoms with Crippen LogP contribution in [-0.2, 0) is 0 Å². The van der Waals surface area contributed by atoms with E-state index in [1.165, 1.54) is 79.1 Å². The van der Waals surface area contributed by atoms with E-state index in [0.29, 0.717) is 6.67 Å². The van der Waals surface area contributed by atoms with Gasteiger partial charge in [0.25, 0.3) is 0 Å². The van der Waals surface area contributed by atoms with Crippen LogP contribution in [0.3, 0.4) is 0 Å². The number of para-hydroxylation sites is 3. The minimum atomic E-state index is -3.68. The summed E-state index contributed by atoms with van der Waals surface area (Å²) < 4.78 is 15.2. The van der Waals surface area contributed by atoms with Gasteiger partial charge in [0, 0.05) is 0 Å². The van der Waals surface area contributed by atoms with Gasteiger partial charge in [0.05, 0.1) is 0 Å². The Morgan fingerprint density at radius 2 is 0.970 bits per heavy atom. The summed E-state index contributed by atoms with van der Waals surface area (Å²) in [5.74, 6) is 2.46. The molecule has 9 aromatic carbocycles. The van der Waals surface area contributed by atoms with E-state index in [9.17, 15) is 0 Å². The summed E-state index contributed by atoms with van der Waals surface area (Å²) in [5, 5.41) is 2.35. The van der Waals surface area contributed by atoms with E-state index < -0.39 is 13.3 Å². The van der Waals surface area contributed by atoms with Crippen LogP contribution >= 0.6 is 0 Å². The third kappa shape index (κ3) is 5.26. The van der Waals surface area contributed by atoms with Crippen molar-refractivity contribution in [1.82, 2.24) is 9.55 Å². The van der Waals surface area contributed by atoms with Crippen LogP contribution in [0.5, 0.6) is 11.5 Å². The molecule has 66 heavy (non-hydrogen) atoms. The van der Waals surface area contributed by atoms with Gasteiger partial charge in [-0.3, -0.25) is 0 Å². The third-order valence-corrected chi connectivity index (χ3v) is 24.5. The molecular weight excluding hydrogens is 865 g/mol. The van der Waals surface area contributed by atoms with Crippen LogP contribution in [0.2, 0.25) is 0 Å². The Labute approximate surface area is 385 Å². The number of rotatable bonds is 6. The third-order valence-electron chi connectivity index (χ3n) is 14.1. The monoisotopic (exact) mass is 906 g/mol. The number of fused-ring (bicyclic) bond motifs is 12. The Hall–Kier alpha value is -8.13. The summed E-state index contributed by atoms with van der Waals surface area (Å²) in [6.45, 7) is 0.643. The molecule has 5 heterocycles. The van der Waals surface area contributed by atoms with Gasteiger partial charge in [0.1, 0.15) is 0 Å². The first-order valence-electron chi connectivity index (χ1n) is 22.6. The Balaban J connectivity index is 0.992. The fourth-order valence-electron chi connectivity index (χ4n) is 11.5. The van der Waals surface area contributed by atoms with Crippen LogP contribution in [0.25, 0.3) is 61.0 Å². The second kappa shape index (κ2) is 14.4. The Morgan fingerprint density at radius 1 is 0.394 bits per heavy atom. The number of aromatic nitrogens is 2. The first-order valence-corrected chi connectivity index (χ1v) is 26.8. The fraction of sp³-hybridized carbons (Fsp3) is 0.0167. The Kier molecular flexibility index (Phi) is 8.16. The average Bonchev–Trinajstić information content (AvgIpc) is 4.03. The molecule has 310 valence electrons. The SMILES string of the molecule is c1ccc(-c2cccc(-c3ccccc3)c2N2CN3c4cc(Oc5ccc6c7ccccc7n(-c7ccccn7)c6c5)cc[c]4[Ge]4([c]5ccccc5-c5cccc[c]54)[c]4cccc2c43)cc1. The summed E-state index contributed by atoms with van der Waals surface area (Å²) >= 11 is -3.68. The molecule has 6 heteroatoms. The molecular formula is C60H40GeN4O. The van der Waals surface area contributed by atoms with Crippen molar-refractivity contribution in [1.29, 1.82) is 0 Å². The zero-order valence-corrected chi connectivity index (χ0v) is 37.9. The van der Waals surface area contributed by atoms with Crippen molar-refractivity contribution in [2.45, 2.75) is 0 Å². The first kappa shape index (κ1) is 37.3. The molecule has 14 rings (SSSR count). The topological polar surface area (TPSA) is 33.5 Å². The molecule has 3 aliphatic rings. The Morgan fingerprint density at radius 3 is 1.70 bits per heavy atom. The van der Waals surface area contributed by atoms with Gasteiger partial charge < -0.3 is 0 Å². The van der Waals surface area contributed by atoms with Crippen molar-refractivity contribution in [2.24, 2.45) is 0 Å². The molecule has 0 radical (unpaired) electrons. The second-order valence-electron chi connectivity index (χ2n) is 17.4. The fourth-order valence-corrected chi connectivity index (χ4v) is 23.2. The molecule has 0 saturated heterocycles. The molecule has 3 aliphatic heterocycles. The number of pyridine rings is 1. The molecule has 5 nitrogen and oxygen atoms in total. The normalized spacial score (nSPS) is 13.8. The van der Waals surface area contributed by atoms with Gasteiger partial charge in [-0.25, -0.2) is 0 Å². The molecule has 0 fully saturated rings. The van der Waals surface area contributed by atoms with Crippen LogP contribution in [0.1, 0.15) is 0 Å². The second-order valence-corrected chi connectivity index (χ2v) is 25.1. The summed E-state index contributed by atoms with van der Waals surface area (Å²) in [4.78, 5) is 9.95. The minimum absolute atomic E-state index is 0.643. The van der Waals surface area contributed by atoms with E-state index in [4.69, 9.17) is 9.72 Å². The maximum absolute atomic E-state index is 7.04. The number of benzene rings is 9. The van der Waals surface area contributed by atoms with E-state index in [1.807, 2.05) is 18.3 Å².